The predicted octanol–water partition coefficient (Wildman–Crippen LogP) is -0.219. The molecular formula is C16H17N5O4S. The van der Waals surface area contributed by atoms with Gasteiger partial charge in [0, 0.05) is 6.54 Å². The molecule has 0 aromatic heterocycles. The number of hydrogen-bond donors (Lipinski definition) is 2. The van der Waals surface area contributed by atoms with Gasteiger partial charge in [-0.15, -0.1) is 0 Å². The number of aliphatic carboxylic acids is 1. The first-order valence-electron chi connectivity index (χ1n) is 8.09. The zero-order chi connectivity index (χ0) is 18.5. The third kappa shape index (κ3) is 2.36. The van der Waals surface area contributed by atoms with Crippen LogP contribution >= 0.6 is 11.8 Å². The molecule has 3 N–H and O–H groups in total. The Morgan fingerprint density at radius 3 is 2.69 bits per heavy atom. The molecule has 0 unspecified atom stereocenters. The molecule has 0 spiro atoms. The van der Waals surface area contributed by atoms with E-state index >= 15 is 0 Å². The lowest BCUT2D eigenvalue weighted by Gasteiger charge is -2.38. The lowest BCUT2D eigenvalue weighted by Crippen LogP contribution is -2.65. The number of nitrogens with two attached hydrogens (primary N) is 1. The van der Waals surface area contributed by atoms with E-state index in [1.54, 1.807) is 6.21 Å². The average Bonchev–Trinajstić information content (AvgIpc) is 3.20. The Hall–Kier alpha value is -2.59. The number of hydrogen-bond acceptors (Lipinski definition) is 6. The highest BCUT2D eigenvalue weighted by molar-refractivity contribution is 8.02. The number of nitrogens with zero attached hydrogens (tertiary/aromatic N) is 4. The number of amides is 3. The van der Waals surface area contributed by atoms with Crippen molar-refractivity contribution in [1.82, 2.24) is 14.8 Å². The molecular weight excluding hydrogens is 358 g/mol. The molecule has 10 heteroatoms. The lowest BCUT2D eigenvalue weighted by atomic mass is 10.1. The molecule has 136 valence electrons. The molecule has 3 aliphatic heterocycles. The number of rotatable bonds is 4. The van der Waals surface area contributed by atoms with Crippen LogP contribution in [0.25, 0.3) is 0 Å². The zero-order valence-electron chi connectivity index (χ0n) is 13.7. The first kappa shape index (κ1) is 16.9. The number of hydrazone groups is 1. The SMILES string of the molecule is N[C@@H]1C(=O)N2C[C@@](C(=O)O)(N3CCN(N=Cc4ccccc4)C3=O)S[C@H]12. The van der Waals surface area contributed by atoms with E-state index < -0.39 is 28.3 Å². The quantitative estimate of drug-likeness (QED) is 0.555. The monoisotopic (exact) mass is 375 g/mol. The number of carboxylic acid groups (broad SMARTS) is 1. The fourth-order valence-corrected chi connectivity index (χ4v) is 4.93. The summed E-state index contributed by atoms with van der Waals surface area (Å²) in [6.07, 6.45) is 1.56. The molecule has 0 radical (unpaired) electrons. The average molecular weight is 375 g/mol. The molecule has 3 aliphatic rings. The highest BCUT2D eigenvalue weighted by atomic mass is 32.2. The second kappa shape index (κ2) is 5.99. The Labute approximate surface area is 153 Å². The van der Waals surface area contributed by atoms with Crippen LogP contribution in [0.5, 0.6) is 0 Å². The van der Waals surface area contributed by atoms with Crippen molar-refractivity contribution in [2.45, 2.75) is 16.3 Å². The maximum absolute atomic E-state index is 12.7. The summed E-state index contributed by atoms with van der Waals surface area (Å²) < 4.78 is 0. The summed E-state index contributed by atoms with van der Waals surface area (Å²) in [5.74, 6) is -1.43. The van der Waals surface area contributed by atoms with Crippen molar-refractivity contribution in [3.63, 3.8) is 0 Å². The van der Waals surface area contributed by atoms with Gasteiger partial charge in [0.05, 0.1) is 19.3 Å². The van der Waals surface area contributed by atoms with E-state index in [1.165, 1.54) is 14.8 Å². The predicted molar refractivity (Wildman–Crippen MR) is 94.3 cm³/mol. The molecule has 3 amide bonds. The molecule has 4 rings (SSSR count). The van der Waals surface area contributed by atoms with Crippen LogP contribution in [0.3, 0.4) is 0 Å². The Bertz CT molecular complexity index is 803. The highest BCUT2D eigenvalue weighted by Gasteiger charge is 2.65. The van der Waals surface area contributed by atoms with Crippen LogP contribution in [-0.4, -0.2) is 80.0 Å². The number of thioether (sulfide) groups is 1. The Morgan fingerprint density at radius 2 is 2.04 bits per heavy atom. The second-order valence-electron chi connectivity index (χ2n) is 6.30. The Balaban J connectivity index is 1.54. The van der Waals surface area contributed by atoms with E-state index in [-0.39, 0.29) is 25.5 Å². The molecule has 0 saturated carbocycles. The van der Waals surface area contributed by atoms with Crippen LogP contribution in [0.4, 0.5) is 4.79 Å². The van der Waals surface area contributed by atoms with Gasteiger partial charge in [0.1, 0.15) is 11.4 Å². The van der Waals surface area contributed by atoms with Crippen LogP contribution in [0.1, 0.15) is 5.56 Å². The first-order chi connectivity index (χ1) is 12.4. The van der Waals surface area contributed by atoms with Crippen LogP contribution < -0.4 is 5.73 Å². The maximum Gasteiger partial charge on any atom is 0.342 e. The number of fused-ring (bicyclic) bond motifs is 1. The number of urea groups is 1. The summed E-state index contributed by atoms with van der Waals surface area (Å²) >= 11 is 1.05. The van der Waals surface area contributed by atoms with Crippen molar-refractivity contribution in [3.05, 3.63) is 35.9 Å². The first-order valence-corrected chi connectivity index (χ1v) is 8.97. The Kier molecular flexibility index (Phi) is 3.88. The summed E-state index contributed by atoms with van der Waals surface area (Å²) in [4.78, 5) is 37.8. The van der Waals surface area contributed by atoms with Gasteiger partial charge >= 0.3 is 12.0 Å². The van der Waals surface area contributed by atoms with Gasteiger partial charge < -0.3 is 15.7 Å². The Morgan fingerprint density at radius 1 is 1.31 bits per heavy atom. The minimum absolute atomic E-state index is 0.0633. The van der Waals surface area contributed by atoms with Crippen LogP contribution in [0.15, 0.2) is 35.4 Å². The summed E-state index contributed by atoms with van der Waals surface area (Å²) in [6.45, 7) is 0.433. The second-order valence-corrected chi connectivity index (χ2v) is 7.70. The van der Waals surface area contributed by atoms with Gasteiger partial charge in [0.2, 0.25) is 10.8 Å². The van der Waals surface area contributed by atoms with Crippen molar-refractivity contribution in [1.29, 1.82) is 0 Å². The summed E-state index contributed by atoms with van der Waals surface area (Å²) in [6, 6.07) is 8.10. The van der Waals surface area contributed by atoms with E-state index in [1.807, 2.05) is 30.3 Å². The van der Waals surface area contributed by atoms with Gasteiger partial charge in [0.25, 0.3) is 0 Å². The van der Waals surface area contributed by atoms with E-state index in [2.05, 4.69) is 5.10 Å². The van der Waals surface area contributed by atoms with Crippen LogP contribution in [0.2, 0.25) is 0 Å². The summed E-state index contributed by atoms with van der Waals surface area (Å²) in [5.41, 5.74) is 6.59. The van der Waals surface area contributed by atoms with E-state index in [0.29, 0.717) is 0 Å². The molecule has 0 aliphatic carbocycles. The van der Waals surface area contributed by atoms with Crippen molar-refractivity contribution < 1.29 is 19.5 Å². The topological polar surface area (TPSA) is 120 Å². The number of carboxylic acids is 1. The van der Waals surface area contributed by atoms with E-state index in [0.717, 1.165) is 17.3 Å². The lowest BCUT2D eigenvalue weighted by molar-refractivity contribution is -0.148. The molecule has 3 atom stereocenters. The van der Waals surface area contributed by atoms with Gasteiger partial charge in [-0.1, -0.05) is 42.1 Å². The van der Waals surface area contributed by atoms with Crippen molar-refractivity contribution >= 4 is 35.9 Å². The van der Waals surface area contributed by atoms with Gasteiger partial charge in [-0.3, -0.25) is 9.69 Å². The number of β-lactam (4-membered cyclic amide) rings is 1. The van der Waals surface area contributed by atoms with Crippen LogP contribution in [-0.2, 0) is 9.59 Å². The standard InChI is InChI=1S/C16H17N5O4S/c17-11-12(22)19-9-16(14(23)24,26-13(11)19)20-6-7-21(15(20)25)18-8-10-4-2-1-3-5-10/h1-5,8,11,13H,6-7,9,17H2,(H,23,24)/t11-,13-,16-/m1/s1. The molecule has 3 saturated heterocycles. The van der Waals surface area contributed by atoms with Gasteiger partial charge in [0.15, 0.2) is 0 Å². The zero-order valence-corrected chi connectivity index (χ0v) is 14.5. The van der Waals surface area contributed by atoms with Crippen molar-refractivity contribution in [3.8, 4) is 0 Å². The van der Waals surface area contributed by atoms with Crippen molar-refractivity contribution in [2.24, 2.45) is 10.8 Å². The summed E-state index contributed by atoms with van der Waals surface area (Å²) in [7, 11) is 0. The van der Waals surface area contributed by atoms with Gasteiger partial charge in [-0.2, -0.15) is 5.10 Å². The minimum Gasteiger partial charge on any atom is -0.479 e. The number of benzene rings is 1. The fraction of sp³-hybridized carbons (Fsp3) is 0.375. The molecule has 1 aromatic rings. The van der Waals surface area contributed by atoms with E-state index in [4.69, 9.17) is 5.73 Å². The largest absolute Gasteiger partial charge is 0.479 e. The maximum atomic E-state index is 12.7. The third-order valence-electron chi connectivity index (χ3n) is 4.79. The highest BCUT2D eigenvalue weighted by Crippen LogP contribution is 2.49. The van der Waals surface area contributed by atoms with Gasteiger partial charge in [-0.05, 0) is 5.56 Å². The molecule has 9 nitrogen and oxygen atoms in total. The fourth-order valence-electron chi connectivity index (χ4n) is 3.35. The van der Waals surface area contributed by atoms with E-state index in [9.17, 15) is 19.5 Å². The number of carbonyl (C=O) groups excluding carboxylic acids is 2. The van der Waals surface area contributed by atoms with Crippen molar-refractivity contribution in [2.75, 3.05) is 19.6 Å². The molecule has 0 bridgehead atoms. The van der Waals surface area contributed by atoms with Gasteiger partial charge in [-0.25, -0.2) is 14.6 Å². The molecule has 26 heavy (non-hydrogen) atoms. The minimum atomic E-state index is -1.53. The number of carbonyl (C=O) groups is 3. The third-order valence-corrected chi connectivity index (χ3v) is 6.49. The summed E-state index contributed by atoms with van der Waals surface area (Å²) in [5, 5.41) is 14.8. The molecule has 1 aromatic carbocycles. The normalized spacial score (nSPS) is 30.9. The molecule has 3 heterocycles. The van der Waals surface area contributed by atoms with Crippen LogP contribution in [0, 0.1) is 0 Å². The smallest absolute Gasteiger partial charge is 0.342 e. The molecule has 3 fully saturated rings.